The molecule has 22 heavy (non-hydrogen) atoms. The lowest BCUT2D eigenvalue weighted by Gasteiger charge is -2.31. The summed E-state index contributed by atoms with van der Waals surface area (Å²) < 4.78 is 0. The maximum Gasteiger partial charge on any atom is 0.228 e. The minimum Gasteiger partial charge on any atom is -0.355 e. The summed E-state index contributed by atoms with van der Waals surface area (Å²) in [6.45, 7) is 4.37. The van der Waals surface area contributed by atoms with Crippen molar-refractivity contribution in [1.29, 1.82) is 0 Å². The van der Waals surface area contributed by atoms with E-state index >= 15 is 0 Å². The summed E-state index contributed by atoms with van der Waals surface area (Å²) in [6, 6.07) is 3.85. The summed E-state index contributed by atoms with van der Waals surface area (Å²) in [6.07, 6.45) is 8.09. The van der Waals surface area contributed by atoms with E-state index in [0.29, 0.717) is 11.7 Å². The Morgan fingerprint density at radius 3 is 2.64 bits per heavy atom. The van der Waals surface area contributed by atoms with Crippen LogP contribution in [0, 0.1) is 11.8 Å². The highest BCUT2D eigenvalue weighted by Gasteiger charge is 2.22. The molecule has 2 heterocycles. The van der Waals surface area contributed by atoms with Crippen LogP contribution in [-0.4, -0.2) is 29.2 Å². The highest BCUT2D eigenvalue weighted by molar-refractivity contribution is 5.91. The van der Waals surface area contributed by atoms with Crippen LogP contribution >= 0.6 is 0 Å². The fourth-order valence-corrected chi connectivity index (χ4v) is 3.55. The molecule has 1 unspecified atom stereocenters. The molecule has 2 aliphatic rings. The maximum absolute atomic E-state index is 12.2. The Balaban J connectivity index is 1.58. The van der Waals surface area contributed by atoms with Crippen molar-refractivity contribution < 1.29 is 4.79 Å². The zero-order valence-electron chi connectivity index (χ0n) is 13.4. The van der Waals surface area contributed by atoms with Crippen molar-refractivity contribution in [3.63, 3.8) is 0 Å². The first-order chi connectivity index (χ1) is 10.7. The molecule has 1 aromatic rings. The molecular formula is C17H26N4O. The lowest BCUT2D eigenvalue weighted by molar-refractivity contribution is -0.120. The summed E-state index contributed by atoms with van der Waals surface area (Å²) in [5.74, 6) is 2.46. The number of hydrogen-bond acceptors (Lipinski definition) is 4. The Labute approximate surface area is 132 Å². The zero-order chi connectivity index (χ0) is 15.4. The Hall–Kier alpha value is -1.65. The number of amides is 1. The van der Waals surface area contributed by atoms with E-state index in [4.69, 9.17) is 0 Å². The molecule has 1 atom stereocenters. The molecule has 1 amide bonds. The second-order valence-electron chi connectivity index (χ2n) is 6.79. The molecule has 1 aliphatic carbocycles. The third-order valence-electron chi connectivity index (χ3n) is 4.86. The molecule has 5 heteroatoms. The monoisotopic (exact) mass is 302 g/mol. The number of nitrogens with one attached hydrogen (secondary N) is 1. The van der Waals surface area contributed by atoms with E-state index in [0.717, 1.165) is 44.6 Å². The van der Waals surface area contributed by atoms with Gasteiger partial charge in [0.15, 0.2) is 11.6 Å². The molecule has 0 spiro atoms. The van der Waals surface area contributed by atoms with Gasteiger partial charge in [-0.15, -0.1) is 10.2 Å². The van der Waals surface area contributed by atoms with Gasteiger partial charge in [0.25, 0.3) is 0 Å². The predicted molar refractivity (Wildman–Crippen MR) is 87.8 cm³/mol. The van der Waals surface area contributed by atoms with Crippen LogP contribution < -0.4 is 10.2 Å². The van der Waals surface area contributed by atoms with E-state index in [1.807, 2.05) is 12.1 Å². The Kier molecular flexibility index (Phi) is 4.90. The first kappa shape index (κ1) is 15.3. The largest absolute Gasteiger partial charge is 0.355 e. The first-order valence-corrected chi connectivity index (χ1v) is 8.62. The van der Waals surface area contributed by atoms with Crippen molar-refractivity contribution in [2.75, 3.05) is 23.3 Å². The second kappa shape index (κ2) is 7.07. The van der Waals surface area contributed by atoms with Crippen LogP contribution in [0.3, 0.4) is 0 Å². The molecule has 120 valence electrons. The van der Waals surface area contributed by atoms with Gasteiger partial charge in [-0.2, -0.15) is 0 Å². The zero-order valence-corrected chi connectivity index (χ0v) is 13.4. The van der Waals surface area contributed by atoms with Gasteiger partial charge in [0.1, 0.15) is 0 Å². The molecule has 1 aromatic heterocycles. The summed E-state index contributed by atoms with van der Waals surface area (Å²) in [7, 11) is 0. The van der Waals surface area contributed by atoms with E-state index in [1.54, 1.807) is 0 Å². The lowest BCUT2D eigenvalue weighted by Crippen LogP contribution is -2.35. The predicted octanol–water partition coefficient (Wildman–Crippen LogP) is 3.23. The van der Waals surface area contributed by atoms with Crippen LogP contribution in [0.15, 0.2) is 12.1 Å². The standard InChI is InChI=1S/C17H26N4O/c1-13-6-5-11-21(12-13)16-10-9-15(19-20-16)18-17(22)14-7-3-2-4-8-14/h9-10,13-14H,2-8,11-12H2,1H3,(H,18,19,22). The third-order valence-corrected chi connectivity index (χ3v) is 4.86. The molecule has 0 aromatic carbocycles. The summed E-state index contributed by atoms with van der Waals surface area (Å²) in [4.78, 5) is 14.5. The second-order valence-corrected chi connectivity index (χ2v) is 6.79. The number of piperidine rings is 1. The van der Waals surface area contributed by atoms with E-state index in [9.17, 15) is 4.79 Å². The molecule has 5 nitrogen and oxygen atoms in total. The highest BCUT2D eigenvalue weighted by atomic mass is 16.1. The fraction of sp³-hybridized carbons (Fsp3) is 0.706. The molecular weight excluding hydrogens is 276 g/mol. The topological polar surface area (TPSA) is 58.1 Å². The van der Waals surface area contributed by atoms with Crippen LogP contribution in [0.2, 0.25) is 0 Å². The quantitative estimate of drug-likeness (QED) is 0.931. The number of aromatic nitrogens is 2. The summed E-state index contributed by atoms with van der Waals surface area (Å²) in [5.41, 5.74) is 0. The van der Waals surface area contributed by atoms with E-state index in [-0.39, 0.29) is 11.8 Å². The van der Waals surface area contributed by atoms with E-state index in [1.165, 1.54) is 19.3 Å². The van der Waals surface area contributed by atoms with Gasteiger partial charge in [-0.05, 0) is 43.7 Å². The maximum atomic E-state index is 12.2. The van der Waals surface area contributed by atoms with Crippen molar-refractivity contribution in [1.82, 2.24) is 10.2 Å². The third kappa shape index (κ3) is 3.76. The van der Waals surface area contributed by atoms with Crippen molar-refractivity contribution in [3.8, 4) is 0 Å². The van der Waals surface area contributed by atoms with E-state index < -0.39 is 0 Å². The smallest absolute Gasteiger partial charge is 0.228 e. The van der Waals surface area contributed by atoms with Crippen molar-refractivity contribution in [3.05, 3.63) is 12.1 Å². The van der Waals surface area contributed by atoms with Crippen molar-refractivity contribution >= 4 is 17.5 Å². The average Bonchev–Trinajstić information content (AvgIpc) is 2.56. The normalized spacial score (nSPS) is 23.3. The fourth-order valence-electron chi connectivity index (χ4n) is 3.55. The number of rotatable bonds is 3. The Bertz CT molecular complexity index is 496. The first-order valence-electron chi connectivity index (χ1n) is 8.62. The van der Waals surface area contributed by atoms with Gasteiger partial charge >= 0.3 is 0 Å². The van der Waals surface area contributed by atoms with Crippen LogP contribution in [0.1, 0.15) is 51.9 Å². The van der Waals surface area contributed by atoms with E-state index in [2.05, 4.69) is 27.3 Å². The summed E-state index contributed by atoms with van der Waals surface area (Å²) >= 11 is 0. The molecule has 1 saturated heterocycles. The number of nitrogens with zero attached hydrogens (tertiary/aromatic N) is 3. The van der Waals surface area contributed by atoms with Crippen molar-refractivity contribution in [2.24, 2.45) is 11.8 Å². The molecule has 0 bridgehead atoms. The number of carbonyl (C=O) groups excluding carboxylic acids is 1. The van der Waals surface area contributed by atoms with Gasteiger partial charge in [-0.1, -0.05) is 26.2 Å². The van der Waals surface area contributed by atoms with Gasteiger partial charge in [0.05, 0.1) is 0 Å². The Morgan fingerprint density at radius 2 is 1.95 bits per heavy atom. The molecule has 0 radical (unpaired) electrons. The van der Waals surface area contributed by atoms with Gasteiger partial charge in [-0.25, -0.2) is 0 Å². The van der Waals surface area contributed by atoms with Gasteiger partial charge < -0.3 is 10.2 Å². The van der Waals surface area contributed by atoms with Gasteiger partial charge in [0.2, 0.25) is 5.91 Å². The number of hydrogen-bond donors (Lipinski definition) is 1. The molecule has 2 fully saturated rings. The Morgan fingerprint density at radius 1 is 1.14 bits per heavy atom. The minimum atomic E-state index is 0.105. The molecule has 1 N–H and O–H groups in total. The lowest BCUT2D eigenvalue weighted by atomic mass is 9.89. The minimum absolute atomic E-state index is 0.105. The SMILES string of the molecule is CC1CCCN(c2ccc(NC(=O)C3CCCCC3)nn2)C1. The van der Waals surface area contributed by atoms with Crippen LogP contribution in [0.4, 0.5) is 11.6 Å². The van der Waals surface area contributed by atoms with Crippen LogP contribution in [0.25, 0.3) is 0 Å². The highest BCUT2D eigenvalue weighted by Crippen LogP contribution is 2.25. The average molecular weight is 302 g/mol. The van der Waals surface area contributed by atoms with Crippen LogP contribution in [-0.2, 0) is 4.79 Å². The van der Waals surface area contributed by atoms with Gasteiger partial charge in [0, 0.05) is 19.0 Å². The summed E-state index contributed by atoms with van der Waals surface area (Å²) in [5, 5.41) is 11.4. The number of carbonyl (C=O) groups is 1. The van der Waals surface area contributed by atoms with Crippen LogP contribution in [0.5, 0.6) is 0 Å². The molecule has 1 saturated carbocycles. The van der Waals surface area contributed by atoms with Gasteiger partial charge in [-0.3, -0.25) is 4.79 Å². The molecule has 3 rings (SSSR count). The molecule has 1 aliphatic heterocycles. The van der Waals surface area contributed by atoms with Crippen molar-refractivity contribution in [2.45, 2.75) is 51.9 Å². The number of anilines is 2.